The Labute approximate surface area is 158 Å². The first-order valence-electron chi connectivity index (χ1n) is 8.71. The van der Waals surface area contributed by atoms with E-state index < -0.39 is 11.2 Å². The molecule has 6 heteroatoms. The number of carbonyl (C=O) groups is 2. The van der Waals surface area contributed by atoms with E-state index in [-0.39, 0.29) is 5.78 Å². The number of hydrogen-bond donors (Lipinski definition) is 0. The van der Waals surface area contributed by atoms with Gasteiger partial charge in [0.05, 0.1) is 23.8 Å². The van der Waals surface area contributed by atoms with Gasteiger partial charge in [-0.1, -0.05) is 18.2 Å². The Hall–Kier alpha value is -2.05. The standard InChI is InChI=1S/C20H24N2O3S/c1-21(2)12-13-22-16-6-4-5-7-17(16)26-19(18(23)20(22)24)14-8-10-15(25-3)11-9-14/h4-8,10,19H,9,11-13H2,1-3H3. The van der Waals surface area contributed by atoms with Crippen molar-refractivity contribution < 1.29 is 14.3 Å². The molecule has 0 aromatic heterocycles. The maximum atomic E-state index is 13.0. The molecule has 26 heavy (non-hydrogen) atoms. The number of benzene rings is 1. The van der Waals surface area contributed by atoms with Crippen molar-refractivity contribution in [3.05, 3.63) is 47.7 Å². The molecule has 5 nitrogen and oxygen atoms in total. The van der Waals surface area contributed by atoms with Crippen LogP contribution in [0.15, 0.2) is 52.6 Å². The maximum absolute atomic E-state index is 13.0. The van der Waals surface area contributed by atoms with Crippen LogP contribution in [-0.4, -0.2) is 56.1 Å². The monoisotopic (exact) mass is 372 g/mol. The molecule has 1 unspecified atom stereocenters. The summed E-state index contributed by atoms with van der Waals surface area (Å²) in [5.41, 5.74) is 1.81. The number of methoxy groups -OCH3 is 1. The molecule has 1 aliphatic carbocycles. The van der Waals surface area contributed by atoms with Crippen LogP contribution >= 0.6 is 11.8 Å². The molecule has 0 N–H and O–H groups in total. The zero-order chi connectivity index (χ0) is 18.7. The summed E-state index contributed by atoms with van der Waals surface area (Å²) in [6.07, 6.45) is 5.32. The molecule has 2 aliphatic rings. The Balaban J connectivity index is 1.95. The number of allylic oxidation sites excluding steroid dienone is 3. The fraction of sp³-hybridized carbons (Fsp3) is 0.400. The van der Waals surface area contributed by atoms with Gasteiger partial charge in [0, 0.05) is 24.4 Å². The van der Waals surface area contributed by atoms with Gasteiger partial charge >= 0.3 is 0 Å². The molecule has 0 saturated heterocycles. The highest BCUT2D eigenvalue weighted by atomic mass is 32.2. The number of nitrogens with zero attached hydrogens (tertiary/aromatic N) is 2. The van der Waals surface area contributed by atoms with Crippen LogP contribution in [0.5, 0.6) is 0 Å². The summed E-state index contributed by atoms with van der Waals surface area (Å²) in [4.78, 5) is 30.6. The third-order valence-corrected chi connectivity index (χ3v) is 5.96. The maximum Gasteiger partial charge on any atom is 0.296 e. The fourth-order valence-electron chi connectivity index (χ4n) is 3.10. The second-order valence-corrected chi connectivity index (χ2v) is 7.82. The topological polar surface area (TPSA) is 49.9 Å². The molecule has 1 aliphatic heterocycles. The Kier molecular flexibility index (Phi) is 5.84. The molecule has 1 atom stereocenters. The fourth-order valence-corrected chi connectivity index (χ4v) is 4.37. The van der Waals surface area contributed by atoms with Crippen molar-refractivity contribution in [1.29, 1.82) is 0 Å². The van der Waals surface area contributed by atoms with Crippen LogP contribution in [0.25, 0.3) is 0 Å². The van der Waals surface area contributed by atoms with Crippen molar-refractivity contribution in [1.82, 2.24) is 4.90 Å². The number of Topliss-reactive ketones (excluding diaryl/α,β-unsaturated/α-hetero) is 1. The Morgan fingerprint density at radius 1 is 1.19 bits per heavy atom. The highest BCUT2D eigenvalue weighted by Gasteiger charge is 2.37. The third kappa shape index (κ3) is 3.86. The van der Waals surface area contributed by atoms with E-state index >= 15 is 0 Å². The lowest BCUT2D eigenvalue weighted by molar-refractivity contribution is -0.135. The first-order chi connectivity index (χ1) is 12.5. The summed E-state index contributed by atoms with van der Waals surface area (Å²) in [6, 6.07) is 7.77. The smallest absolute Gasteiger partial charge is 0.296 e. The summed E-state index contributed by atoms with van der Waals surface area (Å²) in [5, 5.41) is -0.470. The number of carbonyl (C=O) groups excluding carboxylic acids is 2. The van der Waals surface area contributed by atoms with Gasteiger partial charge in [-0.2, -0.15) is 0 Å². The summed E-state index contributed by atoms with van der Waals surface area (Å²) in [5.74, 6) is 0.140. The summed E-state index contributed by atoms with van der Waals surface area (Å²) in [6.45, 7) is 1.19. The molecule has 0 bridgehead atoms. The third-order valence-electron chi connectivity index (χ3n) is 4.61. The van der Waals surface area contributed by atoms with E-state index in [1.807, 2.05) is 55.4 Å². The molecule has 0 fully saturated rings. The van der Waals surface area contributed by atoms with Crippen LogP contribution in [0.4, 0.5) is 5.69 Å². The van der Waals surface area contributed by atoms with Gasteiger partial charge in [-0.05, 0) is 44.3 Å². The quantitative estimate of drug-likeness (QED) is 0.744. The molecule has 1 aromatic carbocycles. The van der Waals surface area contributed by atoms with Crippen molar-refractivity contribution >= 4 is 29.1 Å². The van der Waals surface area contributed by atoms with Crippen LogP contribution in [0.2, 0.25) is 0 Å². The highest BCUT2D eigenvalue weighted by molar-refractivity contribution is 8.01. The van der Waals surface area contributed by atoms with Gasteiger partial charge in [0.25, 0.3) is 5.91 Å². The number of likely N-dealkylation sites (N-methyl/N-ethyl adjacent to an activating group) is 1. The second-order valence-electron chi connectivity index (χ2n) is 6.67. The van der Waals surface area contributed by atoms with Crippen LogP contribution < -0.4 is 4.90 Å². The van der Waals surface area contributed by atoms with Crippen LogP contribution in [0.3, 0.4) is 0 Å². The van der Waals surface area contributed by atoms with Crippen LogP contribution in [0, 0.1) is 0 Å². The molecule has 1 heterocycles. The molecular weight excluding hydrogens is 348 g/mol. The van der Waals surface area contributed by atoms with Crippen molar-refractivity contribution in [2.24, 2.45) is 0 Å². The van der Waals surface area contributed by atoms with Gasteiger partial charge in [0.2, 0.25) is 5.78 Å². The number of amides is 1. The van der Waals surface area contributed by atoms with Gasteiger partial charge in [-0.3, -0.25) is 9.59 Å². The van der Waals surface area contributed by atoms with Gasteiger partial charge < -0.3 is 14.5 Å². The molecule has 0 saturated carbocycles. The van der Waals surface area contributed by atoms with E-state index in [0.717, 1.165) is 34.8 Å². The van der Waals surface area contributed by atoms with E-state index in [9.17, 15) is 9.59 Å². The number of rotatable bonds is 5. The molecular formula is C20H24N2O3S. The SMILES string of the molecule is COC1=CC=C(C2Sc3ccccc3N(CCN(C)C)C(=O)C2=O)CC1. The number of para-hydroxylation sites is 1. The Bertz CT molecular complexity index is 770. The predicted molar refractivity (Wildman–Crippen MR) is 104 cm³/mol. The second kappa shape index (κ2) is 8.10. The van der Waals surface area contributed by atoms with Gasteiger partial charge in [0.1, 0.15) is 0 Å². The lowest BCUT2D eigenvalue weighted by Gasteiger charge is -2.23. The summed E-state index contributed by atoms with van der Waals surface area (Å²) < 4.78 is 5.27. The predicted octanol–water partition coefficient (Wildman–Crippen LogP) is 2.88. The zero-order valence-electron chi connectivity index (χ0n) is 15.4. The average molecular weight is 372 g/mol. The number of fused-ring (bicyclic) bond motifs is 1. The van der Waals surface area contributed by atoms with Crippen molar-refractivity contribution in [2.45, 2.75) is 23.0 Å². The minimum Gasteiger partial charge on any atom is -0.501 e. The van der Waals surface area contributed by atoms with Crippen molar-refractivity contribution in [3.63, 3.8) is 0 Å². The molecule has 3 rings (SSSR count). The Morgan fingerprint density at radius 2 is 1.96 bits per heavy atom. The lowest BCUT2D eigenvalue weighted by Crippen LogP contribution is -2.42. The number of ether oxygens (including phenoxy) is 1. The molecule has 1 amide bonds. The van der Waals surface area contributed by atoms with Gasteiger partial charge in [-0.15, -0.1) is 11.8 Å². The molecule has 138 valence electrons. The lowest BCUT2D eigenvalue weighted by atomic mass is 9.98. The van der Waals surface area contributed by atoms with E-state index in [0.29, 0.717) is 13.1 Å². The summed E-state index contributed by atoms with van der Waals surface area (Å²) >= 11 is 1.48. The molecule has 1 aromatic rings. The van der Waals surface area contributed by atoms with Crippen molar-refractivity contribution in [3.8, 4) is 0 Å². The molecule has 0 radical (unpaired) electrons. The first kappa shape index (κ1) is 18.7. The average Bonchev–Trinajstić information content (AvgIpc) is 2.76. The first-order valence-corrected chi connectivity index (χ1v) is 9.59. The van der Waals surface area contributed by atoms with E-state index in [2.05, 4.69) is 0 Å². The van der Waals surface area contributed by atoms with E-state index in [1.165, 1.54) is 11.8 Å². The van der Waals surface area contributed by atoms with Gasteiger partial charge in [-0.25, -0.2) is 0 Å². The number of ketones is 1. The number of thioether (sulfide) groups is 1. The number of anilines is 1. The minimum absolute atomic E-state index is 0.342. The van der Waals surface area contributed by atoms with Crippen molar-refractivity contribution in [2.75, 3.05) is 39.2 Å². The number of hydrogen-bond acceptors (Lipinski definition) is 5. The molecule has 0 spiro atoms. The normalized spacial score (nSPS) is 20.5. The van der Waals surface area contributed by atoms with Gasteiger partial charge in [0.15, 0.2) is 0 Å². The van der Waals surface area contributed by atoms with Crippen LogP contribution in [0.1, 0.15) is 12.8 Å². The Morgan fingerprint density at radius 3 is 2.62 bits per heavy atom. The van der Waals surface area contributed by atoms with Crippen LogP contribution in [-0.2, 0) is 14.3 Å². The van der Waals surface area contributed by atoms with E-state index in [4.69, 9.17) is 4.74 Å². The minimum atomic E-state index is -0.470. The highest BCUT2D eigenvalue weighted by Crippen LogP contribution is 2.41. The zero-order valence-corrected chi connectivity index (χ0v) is 16.2. The summed E-state index contributed by atoms with van der Waals surface area (Å²) in [7, 11) is 5.57. The largest absolute Gasteiger partial charge is 0.501 e. The van der Waals surface area contributed by atoms with E-state index in [1.54, 1.807) is 12.0 Å².